The first-order valence-corrected chi connectivity index (χ1v) is 7.04. The van der Waals surface area contributed by atoms with Crippen LogP contribution in [0.15, 0.2) is 0 Å². The minimum atomic E-state index is -0.649. The van der Waals surface area contributed by atoms with Crippen molar-refractivity contribution < 1.29 is 14.4 Å². The van der Waals surface area contributed by atoms with Crippen LogP contribution >= 0.6 is 0 Å². The molecule has 1 fully saturated rings. The maximum absolute atomic E-state index is 12.1. The molecule has 0 bridgehead atoms. The average molecular weight is 282 g/mol. The lowest BCUT2D eigenvalue weighted by Gasteiger charge is -2.36. The molecule has 0 radical (unpaired) electrons. The summed E-state index contributed by atoms with van der Waals surface area (Å²) in [7, 11) is 0. The number of hydrogen-bond acceptors (Lipinski definition) is 3. The molecule has 3 amide bonds. The van der Waals surface area contributed by atoms with Gasteiger partial charge < -0.3 is 4.90 Å². The number of hydrogen-bond donors (Lipinski definition) is 0. The molecule has 0 saturated carbocycles. The summed E-state index contributed by atoms with van der Waals surface area (Å²) in [6, 6.07) is 0. The molecule has 0 aromatic rings. The second-order valence-corrected chi connectivity index (χ2v) is 7.66. The van der Waals surface area contributed by atoms with Crippen LogP contribution in [-0.2, 0) is 14.4 Å². The van der Waals surface area contributed by atoms with Gasteiger partial charge in [-0.25, -0.2) is 0 Å². The lowest BCUT2D eigenvalue weighted by atomic mass is 9.92. The monoisotopic (exact) mass is 282 g/mol. The SMILES string of the molecule is CC(C)(C)CCN1CC(=O)N(C(=O)C(C)(C)C)CC1=O. The predicted molar refractivity (Wildman–Crippen MR) is 76.8 cm³/mol. The smallest absolute Gasteiger partial charge is 0.249 e. The molecule has 1 heterocycles. The van der Waals surface area contributed by atoms with Crippen molar-refractivity contribution in [2.24, 2.45) is 10.8 Å². The Bertz CT molecular complexity index is 416. The van der Waals surface area contributed by atoms with Crippen LogP contribution in [0, 0.1) is 10.8 Å². The molecule has 0 atom stereocenters. The maximum atomic E-state index is 12.1. The summed E-state index contributed by atoms with van der Waals surface area (Å²) in [6.07, 6.45) is 0.833. The van der Waals surface area contributed by atoms with E-state index in [1.54, 1.807) is 25.7 Å². The van der Waals surface area contributed by atoms with E-state index in [0.29, 0.717) is 6.54 Å². The quantitative estimate of drug-likeness (QED) is 0.774. The van der Waals surface area contributed by atoms with Crippen molar-refractivity contribution in [3.63, 3.8) is 0 Å². The Balaban J connectivity index is 2.70. The van der Waals surface area contributed by atoms with Crippen molar-refractivity contribution in [1.82, 2.24) is 9.80 Å². The summed E-state index contributed by atoms with van der Waals surface area (Å²) in [6.45, 7) is 12.0. The molecule has 1 saturated heterocycles. The molecule has 114 valence electrons. The van der Waals surface area contributed by atoms with Crippen LogP contribution in [0.2, 0.25) is 0 Å². The highest BCUT2D eigenvalue weighted by Crippen LogP contribution is 2.22. The number of rotatable bonds is 2. The van der Waals surface area contributed by atoms with Crippen LogP contribution in [0.3, 0.4) is 0 Å². The van der Waals surface area contributed by atoms with Gasteiger partial charge in [-0.3, -0.25) is 19.3 Å². The van der Waals surface area contributed by atoms with Crippen LogP contribution < -0.4 is 0 Å². The van der Waals surface area contributed by atoms with Crippen molar-refractivity contribution in [3.8, 4) is 0 Å². The minimum absolute atomic E-state index is 0.0106. The van der Waals surface area contributed by atoms with Gasteiger partial charge in [0, 0.05) is 12.0 Å². The van der Waals surface area contributed by atoms with Gasteiger partial charge in [0.15, 0.2) is 0 Å². The normalized spacial score (nSPS) is 17.7. The highest BCUT2D eigenvalue weighted by molar-refractivity contribution is 6.04. The number of nitrogens with zero attached hydrogens (tertiary/aromatic N) is 2. The standard InChI is InChI=1S/C15H26N2O3/c1-14(2,3)7-8-16-9-12(19)17(10-11(16)18)13(20)15(4,5)6/h7-10H2,1-6H3. The topological polar surface area (TPSA) is 57.7 Å². The van der Waals surface area contributed by atoms with E-state index in [2.05, 4.69) is 20.8 Å². The largest absolute Gasteiger partial charge is 0.332 e. The number of imide groups is 1. The molecule has 0 aromatic carbocycles. The van der Waals surface area contributed by atoms with Crippen LogP contribution in [0.5, 0.6) is 0 Å². The van der Waals surface area contributed by atoms with E-state index < -0.39 is 5.41 Å². The van der Waals surface area contributed by atoms with Gasteiger partial charge in [-0.1, -0.05) is 41.5 Å². The Morgan fingerprint density at radius 3 is 2.00 bits per heavy atom. The van der Waals surface area contributed by atoms with Gasteiger partial charge in [-0.15, -0.1) is 0 Å². The van der Waals surface area contributed by atoms with Crippen molar-refractivity contribution in [2.45, 2.75) is 48.0 Å². The maximum Gasteiger partial charge on any atom is 0.249 e. The van der Waals surface area contributed by atoms with Crippen molar-refractivity contribution in [1.29, 1.82) is 0 Å². The fraction of sp³-hybridized carbons (Fsp3) is 0.800. The van der Waals surface area contributed by atoms with E-state index in [1.165, 1.54) is 0 Å². The molecule has 1 aliphatic heterocycles. The number of carbonyl (C=O) groups excluding carboxylic acids is 3. The number of carbonyl (C=O) groups is 3. The molecule has 5 nitrogen and oxygen atoms in total. The van der Waals surface area contributed by atoms with Crippen LogP contribution in [0.4, 0.5) is 0 Å². The second-order valence-electron chi connectivity index (χ2n) is 7.66. The van der Waals surface area contributed by atoms with E-state index in [0.717, 1.165) is 11.3 Å². The molecule has 1 rings (SSSR count). The molecule has 0 aromatic heterocycles. The van der Waals surface area contributed by atoms with Crippen molar-refractivity contribution >= 4 is 17.7 Å². The fourth-order valence-corrected chi connectivity index (χ4v) is 1.92. The van der Waals surface area contributed by atoms with E-state index in [4.69, 9.17) is 0 Å². The molecule has 0 unspecified atom stereocenters. The third kappa shape index (κ3) is 4.32. The predicted octanol–water partition coefficient (Wildman–Crippen LogP) is 1.67. The Hall–Kier alpha value is -1.39. The Kier molecular flexibility index (Phi) is 4.62. The first kappa shape index (κ1) is 16.7. The molecule has 5 heteroatoms. The lowest BCUT2D eigenvalue weighted by molar-refractivity contribution is -0.161. The zero-order chi connectivity index (χ0) is 15.7. The van der Waals surface area contributed by atoms with Gasteiger partial charge in [-0.2, -0.15) is 0 Å². The number of amides is 3. The third-order valence-corrected chi connectivity index (χ3v) is 3.29. The van der Waals surface area contributed by atoms with Gasteiger partial charge in [0.1, 0.15) is 13.1 Å². The first-order valence-electron chi connectivity index (χ1n) is 7.04. The van der Waals surface area contributed by atoms with Gasteiger partial charge in [0.05, 0.1) is 0 Å². The van der Waals surface area contributed by atoms with Crippen molar-refractivity contribution in [2.75, 3.05) is 19.6 Å². The highest BCUT2D eigenvalue weighted by Gasteiger charge is 2.38. The molecule has 20 heavy (non-hydrogen) atoms. The minimum Gasteiger partial charge on any atom is -0.332 e. The summed E-state index contributed by atoms with van der Waals surface area (Å²) < 4.78 is 0. The summed E-state index contributed by atoms with van der Waals surface area (Å²) in [5.41, 5.74) is -0.536. The highest BCUT2D eigenvalue weighted by atomic mass is 16.2. The van der Waals surface area contributed by atoms with Gasteiger partial charge in [0.25, 0.3) is 0 Å². The van der Waals surface area contributed by atoms with Gasteiger partial charge >= 0.3 is 0 Å². The summed E-state index contributed by atoms with van der Waals surface area (Å²) in [4.78, 5) is 38.9. The average Bonchev–Trinajstić information content (AvgIpc) is 2.26. The van der Waals surface area contributed by atoms with Crippen LogP contribution in [-0.4, -0.2) is 47.2 Å². The molecular weight excluding hydrogens is 256 g/mol. The summed E-state index contributed by atoms with van der Waals surface area (Å²) in [5.74, 6) is -0.712. The fourth-order valence-electron chi connectivity index (χ4n) is 1.92. The number of piperazine rings is 1. The third-order valence-electron chi connectivity index (χ3n) is 3.29. The molecular formula is C15H26N2O3. The Morgan fingerprint density at radius 2 is 1.55 bits per heavy atom. The van der Waals surface area contributed by atoms with Gasteiger partial charge in [0.2, 0.25) is 17.7 Å². The lowest BCUT2D eigenvalue weighted by Crippen LogP contribution is -2.58. The van der Waals surface area contributed by atoms with Gasteiger partial charge in [-0.05, 0) is 11.8 Å². The molecule has 1 aliphatic rings. The zero-order valence-electron chi connectivity index (χ0n) is 13.4. The second kappa shape index (κ2) is 5.54. The van der Waals surface area contributed by atoms with E-state index in [9.17, 15) is 14.4 Å². The molecule has 0 spiro atoms. The first-order chi connectivity index (χ1) is 8.92. The zero-order valence-corrected chi connectivity index (χ0v) is 13.4. The summed E-state index contributed by atoms with van der Waals surface area (Å²) >= 11 is 0. The Morgan fingerprint density at radius 1 is 1.00 bits per heavy atom. The van der Waals surface area contributed by atoms with E-state index in [1.807, 2.05) is 0 Å². The molecule has 0 aliphatic carbocycles. The molecule has 0 N–H and O–H groups in total. The summed E-state index contributed by atoms with van der Waals surface area (Å²) in [5, 5.41) is 0. The van der Waals surface area contributed by atoms with Crippen LogP contribution in [0.1, 0.15) is 48.0 Å². The van der Waals surface area contributed by atoms with E-state index >= 15 is 0 Å². The van der Waals surface area contributed by atoms with E-state index in [-0.39, 0.29) is 36.2 Å². The Labute approximate surface area is 121 Å². The van der Waals surface area contributed by atoms with Crippen LogP contribution in [0.25, 0.3) is 0 Å². The van der Waals surface area contributed by atoms with Crippen molar-refractivity contribution in [3.05, 3.63) is 0 Å².